The largest absolute Gasteiger partial charge is 0.343 e. The maximum absolute atomic E-state index is 12.5. The molecule has 0 atom stereocenters. The highest BCUT2D eigenvalue weighted by molar-refractivity contribution is 5.77. The fraction of sp³-hybridized carbons (Fsp3) is 0.636. The van der Waals surface area contributed by atoms with E-state index in [1.807, 2.05) is 9.80 Å². The van der Waals surface area contributed by atoms with Crippen molar-refractivity contribution in [2.45, 2.75) is 45.4 Å². The first-order chi connectivity index (χ1) is 13.1. The molecule has 0 saturated carbocycles. The van der Waals surface area contributed by atoms with E-state index in [0.717, 1.165) is 65.1 Å². The number of piperazine rings is 1. The van der Waals surface area contributed by atoms with Crippen LogP contribution in [0.25, 0.3) is 0 Å². The number of hydrogen-bond donors (Lipinski definition) is 0. The standard InChI is InChI=1S/C22H33N3O2/c1-19-6-5-7-20(18-19)8-9-21(26)25-16-14-23(15-17-25)13-10-22(27)24-11-3-2-4-12-24/h5-7,18H,2-4,8-17H2,1H3. The summed E-state index contributed by atoms with van der Waals surface area (Å²) in [7, 11) is 0. The first-order valence-corrected chi connectivity index (χ1v) is 10.5. The van der Waals surface area contributed by atoms with Crippen LogP contribution in [-0.2, 0) is 16.0 Å². The fourth-order valence-corrected chi connectivity index (χ4v) is 4.05. The second kappa shape index (κ2) is 9.88. The third-order valence-electron chi connectivity index (χ3n) is 5.79. The molecule has 2 heterocycles. The summed E-state index contributed by atoms with van der Waals surface area (Å²) >= 11 is 0. The second-order valence-electron chi connectivity index (χ2n) is 7.90. The first-order valence-electron chi connectivity index (χ1n) is 10.5. The molecular weight excluding hydrogens is 338 g/mol. The molecule has 0 radical (unpaired) electrons. The molecule has 0 bridgehead atoms. The highest BCUT2D eigenvalue weighted by Crippen LogP contribution is 2.12. The van der Waals surface area contributed by atoms with E-state index in [4.69, 9.17) is 0 Å². The van der Waals surface area contributed by atoms with E-state index < -0.39 is 0 Å². The van der Waals surface area contributed by atoms with Crippen LogP contribution in [0.2, 0.25) is 0 Å². The Labute approximate surface area is 163 Å². The lowest BCUT2D eigenvalue weighted by Crippen LogP contribution is -2.49. The Bertz CT molecular complexity index is 632. The highest BCUT2D eigenvalue weighted by Gasteiger charge is 2.22. The minimum absolute atomic E-state index is 0.251. The van der Waals surface area contributed by atoms with Gasteiger partial charge >= 0.3 is 0 Å². The maximum atomic E-state index is 12.5. The van der Waals surface area contributed by atoms with E-state index in [1.165, 1.54) is 17.5 Å². The number of carbonyl (C=O) groups is 2. The number of piperidine rings is 1. The van der Waals surface area contributed by atoms with Crippen molar-refractivity contribution in [2.24, 2.45) is 0 Å². The predicted octanol–water partition coefficient (Wildman–Crippen LogP) is 2.47. The van der Waals surface area contributed by atoms with Gasteiger partial charge in [-0.3, -0.25) is 14.5 Å². The Balaban J connectivity index is 1.34. The molecule has 2 aliphatic rings. The van der Waals surface area contributed by atoms with E-state index in [9.17, 15) is 9.59 Å². The van der Waals surface area contributed by atoms with Gasteiger partial charge in [0.15, 0.2) is 0 Å². The molecule has 2 fully saturated rings. The summed E-state index contributed by atoms with van der Waals surface area (Å²) in [6, 6.07) is 8.39. The summed E-state index contributed by atoms with van der Waals surface area (Å²) in [5.41, 5.74) is 2.48. The minimum Gasteiger partial charge on any atom is -0.343 e. The van der Waals surface area contributed by atoms with Gasteiger partial charge < -0.3 is 9.80 Å². The Hall–Kier alpha value is -1.88. The van der Waals surface area contributed by atoms with Gasteiger partial charge in [0.1, 0.15) is 0 Å². The maximum Gasteiger partial charge on any atom is 0.223 e. The van der Waals surface area contributed by atoms with E-state index in [-0.39, 0.29) is 5.91 Å². The average Bonchev–Trinajstić information content (AvgIpc) is 2.71. The monoisotopic (exact) mass is 371 g/mol. The zero-order chi connectivity index (χ0) is 19.1. The first kappa shape index (κ1) is 19.9. The van der Waals surface area contributed by atoms with E-state index >= 15 is 0 Å². The predicted molar refractivity (Wildman–Crippen MR) is 108 cm³/mol. The quantitative estimate of drug-likeness (QED) is 0.772. The lowest BCUT2D eigenvalue weighted by molar-refractivity contribution is -0.135. The third-order valence-corrected chi connectivity index (χ3v) is 5.79. The molecule has 0 N–H and O–H groups in total. The van der Waals surface area contributed by atoms with Crippen molar-refractivity contribution in [1.82, 2.24) is 14.7 Å². The van der Waals surface area contributed by atoms with Gasteiger partial charge in [-0.05, 0) is 38.2 Å². The van der Waals surface area contributed by atoms with Gasteiger partial charge in [-0.1, -0.05) is 29.8 Å². The number of carbonyl (C=O) groups excluding carboxylic acids is 2. The van der Waals surface area contributed by atoms with Gasteiger partial charge in [0.05, 0.1) is 0 Å². The minimum atomic E-state index is 0.251. The van der Waals surface area contributed by atoms with Crippen molar-refractivity contribution in [3.05, 3.63) is 35.4 Å². The number of hydrogen-bond acceptors (Lipinski definition) is 3. The SMILES string of the molecule is Cc1cccc(CCC(=O)N2CCN(CCC(=O)N3CCCCC3)CC2)c1. The molecule has 148 valence electrons. The van der Waals surface area contributed by atoms with Gasteiger partial charge in [-0.15, -0.1) is 0 Å². The van der Waals surface area contributed by atoms with Gasteiger partial charge in [-0.2, -0.15) is 0 Å². The number of likely N-dealkylation sites (tertiary alicyclic amines) is 1. The number of rotatable bonds is 6. The van der Waals surface area contributed by atoms with Crippen LogP contribution in [0.15, 0.2) is 24.3 Å². The molecule has 0 spiro atoms. The lowest BCUT2D eigenvalue weighted by Gasteiger charge is -2.35. The third kappa shape index (κ3) is 6.06. The van der Waals surface area contributed by atoms with Crippen molar-refractivity contribution in [1.29, 1.82) is 0 Å². The smallest absolute Gasteiger partial charge is 0.223 e. The van der Waals surface area contributed by atoms with Crippen LogP contribution in [0.4, 0.5) is 0 Å². The van der Waals surface area contributed by atoms with Gasteiger partial charge in [0.2, 0.25) is 11.8 Å². The Kier molecular flexibility index (Phi) is 7.27. The van der Waals surface area contributed by atoms with Gasteiger partial charge in [0.25, 0.3) is 0 Å². The molecule has 5 heteroatoms. The van der Waals surface area contributed by atoms with Gasteiger partial charge in [-0.25, -0.2) is 0 Å². The summed E-state index contributed by atoms with van der Waals surface area (Å²) < 4.78 is 0. The Morgan fingerprint density at radius 1 is 0.852 bits per heavy atom. The molecule has 1 aromatic rings. The molecule has 3 rings (SSSR count). The number of benzene rings is 1. The molecular formula is C22H33N3O2. The van der Waals surface area contributed by atoms with Crippen LogP contribution in [0.1, 0.15) is 43.2 Å². The summed E-state index contributed by atoms with van der Waals surface area (Å²) in [5.74, 6) is 0.548. The van der Waals surface area contributed by atoms with Crippen LogP contribution in [0.5, 0.6) is 0 Å². The number of nitrogens with zero attached hydrogens (tertiary/aromatic N) is 3. The Morgan fingerprint density at radius 2 is 1.52 bits per heavy atom. The molecule has 0 aliphatic carbocycles. The van der Waals surface area contributed by atoms with Crippen LogP contribution < -0.4 is 0 Å². The number of aryl methyl sites for hydroxylation is 2. The summed E-state index contributed by atoms with van der Waals surface area (Å²) in [6.07, 6.45) is 5.55. The number of amides is 2. The van der Waals surface area contributed by atoms with Crippen LogP contribution in [0, 0.1) is 6.92 Å². The molecule has 1 aromatic carbocycles. The van der Waals surface area contributed by atoms with Crippen LogP contribution in [-0.4, -0.2) is 72.3 Å². The molecule has 0 aromatic heterocycles. The average molecular weight is 372 g/mol. The van der Waals surface area contributed by atoms with E-state index in [2.05, 4.69) is 36.1 Å². The zero-order valence-corrected chi connectivity index (χ0v) is 16.7. The highest BCUT2D eigenvalue weighted by atomic mass is 16.2. The second-order valence-corrected chi connectivity index (χ2v) is 7.90. The Morgan fingerprint density at radius 3 is 2.22 bits per heavy atom. The van der Waals surface area contributed by atoms with Crippen LogP contribution in [0.3, 0.4) is 0 Å². The molecule has 2 saturated heterocycles. The zero-order valence-electron chi connectivity index (χ0n) is 16.7. The normalized spacial score (nSPS) is 18.6. The molecule has 2 aliphatic heterocycles. The van der Waals surface area contributed by atoms with Crippen molar-refractivity contribution in [2.75, 3.05) is 45.8 Å². The fourth-order valence-electron chi connectivity index (χ4n) is 4.05. The molecule has 27 heavy (non-hydrogen) atoms. The molecule has 5 nitrogen and oxygen atoms in total. The molecule has 2 amide bonds. The topological polar surface area (TPSA) is 43.9 Å². The summed E-state index contributed by atoms with van der Waals surface area (Å²) in [6.45, 7) is 8.09. The summed E-state index contributed by atoms with van der Waals surface area (Å²) in [4.78, 5) is 31.1. The van der Waals surface area contributed by atoms with Crippen molar-refractivity contribution in [3.63, 3.8) is 0 Å². The lowest BCUT2D eigenvalue weighted by atomic mass is 10.1. The van der Waals surface area contributed by atoms with E-state index in [1.54, 1.807) is 0 Å². The van der Waals surface area contributed by atoms with Crippen molar-refractivity contribution in [3.8, 4) is 0 Å². The van der Waals surface area contributed by atoms with Gasteiger partial charge in [0, 0.05) is 58.7 Å². The van der Waals surface area contributed by atoms with Crippen LogP contribution >= 0.6 is 0 Å². The molecule has 0 unspecified atom stereocenters. The summed E-state index contributed by atoms with van der Waals surface area (Å²) in [5, 5.41) is 0. The van der Waals surface area contributed by atoms with E-state index in [0.29, 0.717) is 18.7 Å². The van der Waals surface area contributed by atoms with Crippen molar-refractivity contribution < 1.29 is 9.59 Å². The van der Waals surface area contributed by atoms with Crippen molar-refractivity contribution >= 4 is 11.8 Å².